The van der Waals surface area contributed by atoms with Crippen LogP contribution < -0.4 is 5.32 Å². The third-order valence-electron chi connectivity index (χ3n) is 9.65. The Bertz CT molecular complexity index is 777. The summed E-state index contributed by atoms with van der Waals surface area (Å²) in [7, 11) is 1.90. The van der Waals surface area contributed by atoms with Crippen LogP contribution in [-0.4, -0.2) is 49.6 Å². The van der Waals surface area contributed by atoms with Gasteiger partial charge in [-0.25, -0.2) is 4.39 Å². The van der Waals surface area contributed by atoms with Gasteiger partial charge in [0, 0.05) is 37.1 Å². The van der Waals surface area contributed by atoms with Crippen molar-refractivity contribution in [2.45, 2.75) is 91.3 Å². The van der Waals surface area contributed by atoms with Crippen LogP contribution in [0.4, 0.5) is 4.39 Å². The molecule has 5 fully saturated rings. The smallest absolute Gasteiger partial charge is 0.173 e. The maximum atomic E-state index is 14.5. The van der Waals surface area contributed by atoms with Gasteiger partial charge in [-0.05, 0) is 74.7 Å². The highest BCUT2D eigenvalue weighted by molar-refractivity contribution is 5.96. The number of halogens is 1. The minimum atomic E-state index is -1.27. The van der Waals surface area contributed by atoms with Crippen molar-refractivity contribution in [1.29, 1.82) is 0 Å². The second-order valence-electron chi connectivity index (χ2n) is 11.0. The third kappa shape index (κ3) is 3.74. The molecule has 0 spiro atoms. The summed E-state index contributed by atoms with van der Waals surface area (Å²) in [5.41, 5.74) is 2.12. The number of nitrogens with one attached hydrogen (secondary N) is 1. The Morgan fingerprint density at radius 2 is 1.91 bits per heavy atom. The number of fused-ring (bicyclic) bond motifs is 5. The van der Waals surface area contributed by atoms with Gasteiger partial charge in [0.25, 0.3) is 0 Å². The maximum Gasteiger partial charge on any atom is 0.173 e. The number of Topliss-reactive ketones (excluding diaryl/α,β-unsaturated/α-hetero) is 1. The molecule has 8 atom stereocenters. The summed E-state index contributed by atoms with van der Waals surface area (Å²) in [4.78, 5) is 23.2. The minimum absolute atomic E-state index is 0.134. The molecular weight excluding hydrogens is 405 g/mol. The topological polar surface area (TPSA) is 63.0 Å². The molecule has 180 valence electrons. The van der Waals surface area contributed by atoms with Crippen LogP contribution in [0.3, 0.4) is 0 Å². The summed E-state index contributed by atoms with van der Waals surface area (Å²) in [6.07, 6.45) is 6.17. The first-order valence-corrected chi connectivity index (χ1v) is 12.9. The number of carbonyl (C=O) groups excluding carboxylic acids is 1. The van der Waals surface area contributed by atoms with Gasteiger partial charge in [-0.1, -0.05) is 32.9 Å². The van der Waals surface area contributed by atoms with E-state index in [2.05, 4.69) is 17.4 Å². The first kappa shape index (κ1) is 23.8. The van der Waals surface area contributed by atoms with E-state index in [0.717, 1.165) is 58.0 Å². The molecule has 6 heteroatoms. The number of hydrogen-bond acceptors (Lipinski definition) is 5. The van der Waals surface area contributed by atoms with Crippen LogP contribution in [-0.2, 0) is 9.63 Å². The number of alkyl halides is 1. The maximum absolute atomic E-state index is 14.5. The second-order valence-corrected chi connectivity index (χ2v) is 11.0. The monoisotopic (exact) mass is 447 g/mol. The normalized spacial score (nSPS) is 48.0. The number of aliphatic imine (C=N–C) groups is 1. The largest absolute Gasteiger partial charge is 0.391 e. The summed E-state index contributed by atoms with van der Waals surface area (Å²) in [5.74, 6) is 1.36. The number of carbonyl (C=O) groups is 1. The predicted molar refractivity (Wildman–Crippen MR) is 127 cm³/mol. The Morgan fingerprint density at radius 1 is 1.12 bits per heavy atom. The lowest BCUT2D eigenvalue weighted by atomic mass is 9.45. The number of rotatable bonds is 2. The van der Waals surface area contributed by atoms with Gasteiger partial charge < -0.3 is 10.2 Å². The highest BCUT2D eigenvalue weighted by atomic mass is 19.1. The van der Waals surface area contributed by atoms with Crippen LogP contribution in [0.25, 0.3) is 0 Å². The fraction of sp³-hybridized carbons (Fsp3) is 0.885. The van der Waals surface area contributed by atoms with E-state index < -0.39 is 11.6 Å². The lowest BCUT2D eigenvalue weighted by Gasteiger charge is -2.59. The van der Waals surface area contributed by atoms with E-state index >= 15 is 0 Å². The molecule has 1 aliphatic heterocycles. The second kappa shape index (κ2) is 9.15. The Hall–Kier alpha value is -1.30. The molecule has 4 saturated carbocycles. The Morgan fingerprint density at radius 3 is 2.59 bits per heavy atom. The first-order valence-electron chi connectivity index (χ1n) is 12.9. The zero-order valence-corrected chi connectivity index (χ0v) is 20.6. The molecule has 8 unspecified atom stereocenters. The van der Waals surface area contributed by atoms with Crippen LogP contribution in [0.5, 0.6) is 0 Å². The molecule has 0 aromatic heterocycles. The molecule has 5 rings (SSSR count). The van der Waals surface area contributed by atoms with Gasteiger partial charge in [0.15, 0.2) is 12.0 Å². The molecule has 5 aliphatic rings. The summed E-state index contributed by atoms with van der Waals surface area (Å²) in [6, 6.07) is 0. The quantitative estimate of drug-likeness (QED) is 0.607. The third-order valence-corrected chi connectivity index (χ3v) is 9.65. The molecule has 32 heavy (non-hydrogen) atoms. The predicted octanol–water partition coefficient (Wildman–Crippen LogP) is 4.99. The van der Waals surface area contributed by atoms with E-state index in [1.54, 1.807) is 0 Å². The van der Waals surface area contributed by atoms with E-state index in [1.807, 2.05) is 27.8 Å². The van der Waals surface area contributed by atoms with Crippen LogP contribution in [0.2, 0.25) is 0 Å². The Kier molecular flexibility index (Phi) is 6.82. The summed E-state index contributed by atoms with van der Waals surface area (Å²) >= 11 is 0. The van der Waals surface area contributed by atoms with Crippen LogP contribution in [0.15, 0.2) is 10.1 Å². The van der Waals surface area contributed by atoms with Gasteiger partial charge in [-0.3, -0.25) is 9.79 Å². The fourth-order valence-corrected chi connectivity index (χ4v) is 7.82. The molecule has 0 radical (unpaired) electrons. The minimum Gasteiger partial charge on any atom is -0.391 e. The fourth-order valence-electron chi connectivity index (χ4n) is 7.82. The number of oxime groups is 1. The van der Waals surface area contributed by atoms with Crippen LogP contribution in [0, 0.1) is 34.5 Å². The van der Waals surface area contributed by atoms with Crippen molar-refractivity contribution in [1.82, 2.24) is 5.32 Å². The molecule has 5 nitrogen and oxygen atoms in total. The summed E-state index contributed by atoms with van der Waals surface area (Å²) in [5, 5.41) is 7.89. The molecule has 0 amide bonds. The van der Waals surface area contributed by atoms with Gasteiger partial charge in [-0.2, -0.15) is 0 Å². The number of nitrogens with zero attached hydrogens (tertiary/aromatic N) is 2. The molecule has 1 saturated heterocycles. The highest BCUT2D eigenvalue weighted by Crippen LogP contribution is 2.64. The zero-order chi connectivity index (χ0) is 23.1. The molecule has 1 N–H and O–H groups in total. The molecule has 0 aromatic rings. The summed E-state index contributed by atoms with van der Waals surface area (Å²) in [6.45, 7) is 10.4. The highest BCUT2D eigenvalue weighted by Gasteiger charge is 2.63. The van der Waals surface area contributed by atoms with E-state index in [9.17, 15) is 9.18 Å². The SMILES string of the molecule is CC.CN=C1CC2C3CC(F)C(=O)C3(C)CCC2C2(C)CC/C(=N\OC3CCNC3)CC12. The zero-order valence-electron chi connectivity index (χ0n) is 20.6. The number of ketones is 1. The summed E-state index contributed by atoms with van der Waals surface area (Å²) < 4.78 is 14.5. The number of hydrogen-bond donors (Lipinski definition) is 1. The van der Waals surface area contributed by atoms with Crippen LogP contribution >= 0.6 is 0 Å². The van der Waals surface area contributed by atoms with Crippen LogP contribution in [0.1, 0.15) is 79.1 Å². The van der Waals surface area contributed by atoms with Gasteiger partial charge in [0.05, 0.1) is 5.71 Å². The molecule has 1 heterocycles. The van der Waals surface area contributed by atoms with Gasteiger partial charge in [-0.15, -0.1) is 0 Å². The van der Waals surface area contributed by atoms with E-state index in [1.165, 1.54) is 11.4 Å². The van der Waals surface area contributed by atoms with E-state index in [-0.39, 0.29) is 23.2 Å². The van der Waals surface area contributed by atoms with Crippen molar-refractivity contribution < 1.29 is 14.0 Å². The molecule has 0 aromatic carbocycles. The molecular formula is C26H42FN3O2. The lowest BCUT2D eigenvalue weighted by molar-refractivity contribution is -0.135. The standard InChI is InChI=1S/C24H36FN3O2.C2H6/c1-23-7-4-14(28-30-15-6-9-27-13-15)10-19(23)21(26-3)11-16-17(23)5-8-24(2)18(16)12-20(25)22(24)29;1-2/h15-20,27H,4-13H2,1-3H3;1-2H3/b26-21?,28-14+;. The average Bonchev–Trinajstić information content (AvgIpc) is 3.40. The van der Waals surface area contributed by atoms with Crippen molar-refractivity contribution in [3.8, 4) is 0 Å². The van der Waals surface area contributed by atoms with E-state index in [0.29, 0.717) is 24.2 Å². The van der Waals surface area contributed by atoms with Crippen molar-refractivity contribution in [3.63, 3.8) is 0 Å². The van der Waals surface area contributed by atoms with Crippen molar-refractivity contribution >= 4 is 17.2 Å². The van der Waals surface area contributed by atoms with Gasteiger partial charge in [0.2, 0.25) is 0 Å². The van der Waals surface area contributed by atoms with Crippen molar-refractivity contribution in [3.05, 3.63) is 0 Å². The molecule has 4 aliphatic carbocycles. The van der Waals surface area contributed by atoms with Gasteiger partial charge in [0.1, 0.15) is 6.10 Å². The van der Waals surface area contributed by atoms with Crippen molar-refractivity contribution in [2.24, 2.45) is 44.6 Å². The lowest BCUT2D eigenvalue weighted by Crippen LogP contribution is -2.56. The first-order chi connectivity index (χ1) is 15.4. The van der Waals surface area contributed by atoms with E-state index in [4.69, 9.17) is 9.83 Å². The Balaban J connectivity index is 0.00000119. The molecule has 0 bridgehead atoms. The van der Waals surface area contributed by atoms with Crippen molar-refractivity contribution in [2.75, 3.05) is 20.1 Å². The Labute approximate surface area is 193 Å². The average molecular weight is 448 g/mol. The van der Waals surface area contributed by atoms with Gasteiger partial charge >= 0.3 is 0 Å².